The van der Waals surface area contributed by atoms with Gasteiger partial charge in [-0.1, -0.05) is 13.0 Å². The molecule has 1 unspecified atom stereocenters. The van der Waals surface area contributed by atoms with Gasteiger partial charge in [-0.05, 0) is 32.1 Å². The number of aromatic nitrogens is 1. The molecule has 1 saturated heterocycles. The van der Waals surface area contributed by atoms with Crippen LogP contribution in [-0.2, 0) is 11.3 Å². The van der Waals surface area contributed by atoms with E-state index in [0.717, 1.165) is 18.7 Å². The van der Waals surface area contributed by atoms with Crippen molar-refractivity contribution in [2.75, 3.05) is 52.3 Å². The molecular formula is C27H32F2N6O5. The van der Waals surface area contributed by atoms with Crippen molar-refractivity contribution in [1.29, 1.82) is 0 Å². The van der Waals surface area contributed by atoms with Crippen LogP contribution >= 0.6 is 0 Å². The predicted octanol–water partition coefficient (Wildman–Crippen LogP) is 3.05. The number of carbonyl (C=O) groups is 3. The summed E-state index contributed by atoms with van der Waals surface area (Å²) in [6.45, 7) is 7.42. The van der Waals surface area contributed by atoms with Gasteiger partial charge < -0.3 is 29.2 Å². The Morgan fingerprint density at radius 1 is 1.15 bits per heavy atom. The minimum absolute atomic E-state index is 0.118. The van der Waals surface area contributed by atoms with Crippen molar-refractivity contribution < 1.29 is 32.3 Å². The molecule has 2 N–H and O–H groups in total. The maximum absolute atomic E-state index is 14.6. The first-order valence-electron chi connectivity index (χ1n) is 12.8. The highest BCUT2D eigenvalue weighted by Gasteiger charge is 2.34. The van der Waals surface area contributed by atoms with Gasteiger partial charge in [0, 0.05) is 45.4 Å². The summed E-state index contributed by atoms with van der Waals surface area (Å²) >= 11 is 0. The Hall–Kier alpha value is -4.26. The van der Waals surface area contributed by atoms with Gasteiger partial charge in [-0.15, -0.1) is 0 Å². The van der Waals surface area contributed by atoms with Crippen LogP contribution in [0.1, 0.15) is 41.6 Å². The maximum atomic E-state index is 14.6. The quantitative estimate of drug-likeness (QED) is 0.405. The first kappa shape index (κ1) is 28.7. The molecule has 1 fully saturated rings. The number of halogens is 2. The number of nitrogens with zero attached hydrogens (tertiary/aromatic N) is 4. The zero-order valence-electron chi connectivity index (χ0n) is 23.0. The highest BCUT2D eigenvalue weighted by Crippen LogP contribution is 2.30. The third-order valence-corrected chi connectivity index (χ3v) is 6.87. The first-order valence-corrected chi connectivity index (χ1v) is 12.8. The smallest absolute Gasteiger partial charge is 0.322 e. The van der Waals surface area contributed by atoms with Crippen LogP contribution in [0.15, 0.2) is 28.7 Å². The molecule has 0 radical (unpaired) electrons. The van der Waals surface area contributed by atoms with Crippen molar-refractivity contribution in [2.45, 2.75) is 26.4 Å². The van der Waals surface area contributed by atoms with Crippen LogP contribution in [0.2, 0.25) is 0 Å². The number of methoxy groups -OCH3 is 1. The molecule has 0 bridgehead atoms. The van der Waals surface area contributed by atoms with Gasteiger partial charge in [-0.3, -0.25) is 14.9 Å². The summed E-state index contributed by atoms with van der Waals surface area (Å²) in [7, 11) is 5.03. The number of benzene rings is 1. The van der Waals surface area contributed by atoms with Crippen molar-refractivity contribution >= 4 is 34.8 Å². The van der Waals surface area contributed by atoms with Gasteiger partial charge >= 0.3 is 6.03 Å². The summed E-state index contributed by atoms with van der Waals surface area (Å²) in [5, 5.41) is 4.59. The van der Waals surface area contributed by atoms with E-state index in [1.807, 2.05) is 18.9 Å². The van der Waals surface area contributed by atoms with E-state index in [4.69, 9.17) is 9.15 Å². The van der Waals surface area contributed by atoms with E-state index >= 15 is 0 Å². The number of carbonyl (C=O) groups excluding carboxylic acids is 3. The van der Waals surface area contributed by atoms with Crippen molar-refractivity contribution in [3.05, 3.63) is 52.8 Å². The Morgan fingerprint density at radius 3 is 2.52 bits per heavy atom. The highest BCUT2D eigenvalue weighted by atomic mass is 19.1. The average molecular weight is 559 g/mol. The number of furan rings is 1. The fourth-order valence-corrected chi connectivity index (χ4v) is 4.43. The van der Waals surface area contributed by atoms with Gasteiger partial charge in [0.15, 0.2) is 34.8 Å². The summed E-state index contributed by atoms with van der Waals surface area (Å²) in [6.07, 6.45) is 0. The fraction of sp³-hybridized carbons (Fsp3) is 0.407. The summed E-state index contributed by atoms with van der Waals surface area (Å²) < 4.78 is 38.5. The second-order valence-corrected chi connectivity index (χ2v) is 9.47. The van der Waals surface area contributed by atoms with E-state index in [1.165, 1.54) is 18.1 Å². The van der Waals surface area contributed by atoms with E-state index in [0.29, 0.717) is 25.2 Å². The summed E-state index contributed by atoms with van der Waals surface area (Å²) in [5.41, 5.74) is 1.53. The minimum atomic E-state index is -0.927. The largest absolute Gasteiger partial charge is 0.494 e. The number of ether oxygens (including phenoxy) is 1. The topological polar surface area (TPSA) is 120 Å². The third-order valence-electron chi connectivity index (χ3n) is 6.87. The molecule has 13 heteroatoms. The van der Waals surface area contributed by atoms with Crippen LogP contribution in [0.3, 0.4) is 0 Å². The molecule has 2 aliphatic heterocycles. The number of hydrogen-bond acceptors (Lipinski definition) is 8. The molecule has 2 aliphatic rings. The first-order chi connectivity index (χ1) is 19.1. The summed E-state index contributed by atoms with van der Waals surface area (Å²) in [5.74, 6) is -1.24. The van der Waals surface area contributed by atoms with Crippen LogP contribution in [0, 0.1) is 11.6 Å². The van der Waals surface area contributed by atoms with Gasteiger partial charge in [-0.2, -0.15) is 0 Å². The van der Waals surface area contributed by atoms with E-state index in [1.54, 1.807) is 25.2 Å². The number of pyridine rings is 1. The highest BCUT2D eigenvalue weighted by molar-refractivity contribution is 6.04. The van der Waals surface area contributed by atoms with Gasteiger partial charge in [0.05, 0.1) is 12.7 Å². The van der Waals surface area contributed by atoms with Gasteiger partial charge in [0.1, 0.15) is 11.3 Å². The second kappa shape index (κ2) is 11.9. The van der Waals surface area contributed by atoms with Gasteiger partial charge in [-0.25, -0.2) is 18.6 Å². The number of nitrogens with one attached hydrogen (secondary N) is 2. The van der Waals surface area contributed by atoms with Crippen LogP contribution in [0.5, 0.6) is 5.75 Å². The lowest BCUT2D eigenvalue weighted by molar-refractivity contribution is -0.120. The standard InChI is InChI=1S/C17H22FN5O3.C10H10FNO2/c1-4-22(3)6-7-23(5-2)15-10(18)8-12-11(19-15)9-13(26-12)14-16(24)21-17(25)20-14;1-12-5-6-3-4-7(14-2)9(11)8(6)10(12)13/h8-9,14H,4-7H2,1-3H3,(H2,20,21,24,25);3-4H,5H2,1-2H3. The molecule has 0 saturated carbocycles. The Balaban J connectivity index is 0.000000222. The second-order valence-electron chi connectivity index (χ2n) is 9.47. The van der Waals surface area contributed by atoms with Crippen LogP contribution < -0.4 is 20.3 Å². The van der Waals surface area contributed by atoms with Crippen molar-refractivity contribution in [2.24, 2.45) is 0 Å². The Bertz CT molecular complexity index is 1440. The number of likely N-dealkylation sites (N-methyl/N-ethyl adjacent to an activating group) is 2. The fourth-order valence-electron chi connectivity index (χ4n) is 4.43. The lowest BCUT2D eigenvalue weighted by Gasteiger charge is -2.25. The third kappa shape index (κ3) is 5.69. The number of urea groups is 1. The number of amides is 4. The molecule has 0 aliphatic carbocycles. The number of rotatable bonds is 8. The number of hydrogen-bond donors (Lipinski definition) is 2. The van der Waals surface area contributed by atoms with Gasteiger partial charge in [0.25, 0.3) is 11.8 Å². The van der Waals surface area contributed by atoms with Crippen LogP contribution in [0.25, 0.3) is 11.1 Å². The molecule has 1 aromatic carbocycles. The van der Waals surface area contributed by atoms with E-state index < -0.39 is 29.6 Å². The van der Waals surface area contributed by atoms with Crippen LogP contribution in [-0.4, -0.2) is 80.0 Å². The lowest BCUT2D eigenvalue weighted by atomic mass is 10.1. The van der Waals surface area contributed by atoms with Crippen LogP contribution in [0.4, 0.5) is 19.4 Å². The zero-order chi connectivity index (χ0) is 29.1. The normalized spacial score (nSPS) is 16.1. The van der Waals surface area contributed by atoms with E-state index in [-0.39, 0.29) is 34.4 Å². The SMILES string of the molecule is CCN(C)CCN(CC)c1nc2cc(C3NC(=O)NC3=O)oc2cc1F.COc1ccc2c(c1F)C(=O)N(C)C2. The lowest BCUT2D eigenvalue weighted by Crippen LogP contribution is -2.34. The molecular weight excluding hydrogens is 526 g/mol. The molecule has 214 valence electrons. The molecule has 40 heavy (non-hydrogen) atoms. The molecule has 5 rings (SSSR count). The average Bonchev–Trinajstić information content (AvgIpc) is 3.58. The number of fused-ring (bicyclic) bond motifs is 2. The van der Waals surface area contributed by atoms with Gasteiger partial charge in [0.2, 0.25) is 0 Å². The zero-order valence-corrected chi connectivity index (χ0v) is 23.0. The monoisotopic (exact) mass is 558 g/mol. The number of imide groups is 1. The molecule has 1 atom stereocenters. The molecule has 2 aromatic heterocycles. The van der Waals surface area contributed by atoms with Crippen molar-refractivity contribution in [3.63, 3.8) is 0 Å². The Labute approximate surface area is 230 Å². The molecule has 11 nitrogen and oxygen atoms in total. The van der Waals surface area contributed by atoms with Crippen molar-refractivity contribution in [3.8, 4) is 5.75 Å². The maximum Gasteiger partial charge on any atom is 0.322 e. The molecule has 3 aromatic rings. The predicted molar refractivity (Wildman–Crippen MR) is 143 cm³/mol. The molecule has 4 heterocycles. The van der Waals surface area contributed by atoms with E-state index in [9.17, 15) is 23.2 Å². The van der Waals surface area contributed by atoms with Crippen molar-refractivity contribution in [1.82, 2.24) is 25.4 Å². The number of anilines is 1. The Kier molecular flexibility index (Phi) is 8.52. The Morgan fingerprint density at radius 2 is 1.90 bits per heavy atom. The minimum Gasteiger partial charge on any atom is -0.494 e. The molecule has 4 amide bonds. The molecule has 0 spiro atoms. The summed E-state index contributed by atoms with van der Waals surface area (Å²) in [4.78, 5) is 44.4. The summed E-state index contributed by atoms with van der Waals surface area (Å²) in [6, 6.07) is 4.57. The van der Waals surface area contributed by atoms with E-state index in [2.05, 4.69) is 27.4 Å².